The van der Waals surface area contributed by atoms with Gasteiger partial charge < -0.3 is 14.8 Å². The van der Waals surface area contributed by atoms with Crippen molar-refractivity contribution in [1.29, 1.82) is 0 Å². The van der Waals surface area contributed by atoms with Crippen molar-refractivity contribution in [3.8, 4) is 28.6 Å². The second-order valence-electron chi connectivity index (χ2n) is 7.68. The van der Waals surface area contributed by atoms with Crippen molar-refractivity contribution in [2.45, 2.75) is 19.0 Å². The molecule has 174 valence electrons. The number of carbonyl (C=O) groups excluding carboxylic acids is 1. The van der Waals surface area contributed by atoms with Crippen LogP contribution in [-0.4, -0.2) is 40.6 Å². The summed E-state index contributed by atoms with van der Waals surface area (Å²) in [4.78, 5) is 12.6. The zero-order valence-electron chi connectivity index (χ0n) is 19.5. The molecule has 4 aromatic rings. The number of hydrogen-bond acceptors (Lipinski definition) is 6. The van der Waals surface area contributed by atoms with E-state index in [1.165, 1.54) is 17.3 Å². The molecule has 1 amide bonds. The topological polar surface area (TPSA) is 78.3 Å². The smallest absolute Gasteiger partial charge is 0.234 e. The molecular formula is C26H26N4O3S. The molecule has 4 rings (SSSR count). The van der Waals surface area contributed by atoms with Gasteiger partial charge in [0.05, 0.1) is 20.0 Å². The zero-order chi connectivity index (χ0) is 24.1. The minimum absolute atomic E-state index is 0.108. The number of nitrogens with zero attached hydrogens (tertiary/aromatic N) is 3. The van der Waals surface area contributed by atoms with Gasteiger partial charge in [-0.1, -0.05) is 36.0 Å². The van der Waals surface area contributed by atoms with Crippen LogP contribution in [0.25, 0.3) is 17.1 Å². The lowest BCUT2D eigenvalue weighted by Crippen LogP contribution is -2.14. The molecule has 0 spiro atoms. The quantitative estimate of drug-likeness (QED) is 0.349. The van der Waals surface area contributed by atoms with E-state index in [1.807, 2.05) is 85.1 Å². The summed E-state index contributed by atoms with van der Waals surface area (Å²) in [5.74, 6) is 1.97. The molecule has 3 aromatic carbocycles. The molecule has 0 aliphatic heterocycles. The molecule has 1 heterocycles. The monoisotopic (exact) mass is 474 g/mol. The van der Waals surface area contributed by atoms with Gasteiger partial charge in [0.25, 0.3) is 0 Å². The second kappa shape index (κ2) is 10.4. The van der Waals surface area contributed by atoms with Crippen molar-refractivity contribution in [3.63, 3.8) is 0 Å². The van der Waals surface area contributed by atoms with Crippen LogP contribution in [0.15, 0.2) is 71.9 Å². The third kappa shape index (κ3) is 5.07. The number of aryl methyl sites for hydroxylation is 2. The molecule has 0 saturated heterocycles. The van der Waals surface area contributed by atoms with Gasteiger partial charge in [-0.2, -0.15) is 0 Å². The standard InChI is InChI=1S/C26H26N4O3S/c1-17-10-12-20(14-18(17)2)27-24(31)16-34-26-29-28-25(30(26)21-8-6-5-7-9-21)19-11-13-22(32-3)23(15-19)33-4/h5-15H,16H2,1-4H3,(H,27,31). The summed E-state index contributed by atoms with van der Waals surface area (Å²) in [6.07, 6.45) is 0. The first-order valence-electron chi connectivity index (χ1n) is 10.7. The number of carbonyl (C=O) groups is 1. The maximum absolute atomic E-state index is 12.6. The Labute approximate surface area is 203 Å². The van der Waals surface area contributed by atoms with E-state index >= 15 is 0 Å². The maximum Gasteiger partial charge on any atom is 0.234 e. The first kappa shape index (κ1) is 23.4. The summed E-state index contributed by atoms with van der Waals surface area (Å²) < 4.78 is 12.8. The molecule has 0 unspecified atom stereocenters. The van der Waals surface area contributed by atoms with E-state index in [9.17, 15) is 4.79 Å². The Morgan fingerprint density at radius 3 is 2.38 bits per heavy atom. The van der Waals surface area contributed by atoms with Gasteiger partial charge >= 0.3 is 0 Å². The molecule has 0 aliphatic rings. The van der Waals surface area contributed by atoms with Gasteiger partial charge in [0, 0.05) is 16.9 Å². The van der Waals surface area contributed by atoms with Gasteiger partial charge in [-0.15, -0.1) is 10.2 Å². The van der Waals surface area contributed by atoms with Gasteiger partial charge in [-0.3, -0.25) is 9.36 Å². The maximum atomic E-state index is 12.6. The van der Waals surface area contributed by atoms with Crippen LogP contribution >= 0.6 is 11.8 Å². The number of anilines is 1. The number of amides is 1. The summed E-state index contributed by atoms with van der Waals surface area (Å²) in [5, 5.41) is 12.4. The predicted molar refractivity (Wildman–Crippen MR) is 135 cm³/mol. The largest absolute Gasteiger partial charge is 0.493 e. The van der Waals surface area contributed by atoms with E-state index in [1.54, 1.807) is 14.2 Å². The molecule has 34 heavy (non-hydrogen) atoms. The summed E-state index contributed by atoms with van der Waals surface area (Å²) in [7, 11) is 3.20. The highest BCUT2D eigenvalue weighted by Crippen LogP contribution is 2.34. The number of nitrogens with one attached hydrogen (secondary N) is 1. The van der Waals surface area contributed by atoms with Crippen molar-refractivity contribution >= 4 is 23.4 Å². The Morgan fingerprint density at radius 1 is 0.912 bits per heavy atom. The van der Waals surface area contributed by atoms with Crippen LogP contribution in [0.1, 0.15) is 11.1 Å². The fraction of sp³-hybridized carbons (Fsp3) is 0.192. The van der Waals surface area contributed by atoms with Gasteiger partial charge in [-0.05, 0) is 67.4 Å². The number of hydrogen-bond donors (Lipinski definition) is 1. The average Bonchev–Trinajstić information content (AvgIpc) is 3.29. The Hall–Kier alpha value is -3.78. The first-order chi connectivity index (χ1) is 16.5. The lowest BCUT2D eigenvalue weighted by molar-refractivity contribution is -0.113. The molecular weight excluding hydrogens is 448 g/mol. The van der Waals surface area contributed by atoms with Crippen molar-refractivity contribution in [1.82, 2.24) is 14.8 Å². The van der Waals surface area contributed by atoms with E-state index in [-0.39, 0.29) is 11.7 Å². The second-order valence-corrected chi connectivity index (χ2v) is 8.63. The Bertz CT molecular complexity index is 1300. The summed E-state index contributed by atoms with van der Waals surface area (Å²) in [6.45, 7) is 4.07. The van der Waals surface area contributed by atoms with E-state index in [0.717, 1.165) is 22.5 Å². The SMILES string of the molecule is COc1ccc(-c2nnc(SCC(=O)Nc3ccc(C)c(C)c3)n2-c2ccccc2)cc1OC. The molecule has 0 saturated carbocycles. The lowest BCUT2D eigenvalue weighted by atomic mass is 10.1. The van der Waals surface area contributed by atoms with Crippen LogP contribution < -0.4 is 14.8 Å². The number of methoxy groups -OCH3 is 2. The van der Waals surface area contributed by atoms with Crippen molar-refractivity contribution in [2.24, 2.45) is 0 Å². The van der Waals surface area contributed by atoms with Crippen LogP contribution in [0.3, 0.4) is 0 Å². The fourth-order valence-electron chi connectivity index (χ4n) is 3.48. The van der Waals surface area contributed by atoms with Crippen molar-refractivity contribution in [2.75, 3.05) is 25.3 Å². The van der Waals surface area contributed by atoms with Crippen LogP contribution in [0, 0.1) is 13.8 Å². The van der Waals surface area contributed by atoms with Crippen LogP contribution in [0.4, 0.5) is 5.69 Å². The highest BCUT2D eigenvalue weighted by Gasteiger charge is 2.19. The van der Waals surface area contributed by atoms with Gasteiger partial charge in [-0.25, -0.2) is 0 Å². The van der Waals surface area contributed by atoms with Gasteiger partial charge in [0.1, 0.15) is 0 Å². The van der Waals surface area contributed by atoms with E-state index in [2.05, 4.69) is 15.5 Å². The highest BCUT2D eigenvalue weighted by molar-refractivity contribution is 7.99. The predicted octanol–water partition coefficient (Wildman–Crippen LogP) is 5.30. The molecule has 0 bridgehead atoms. The Balaban J connectivity index is 1.61. The van der Waals surface area contributed by atoms with E-state index in [0.29, 0.717) is 22.5 Å². The Morgan fingerprint density at radius 2 is 1.68 bits per heavy atom. The average molecular weight is 475 g/mol. The molecule has 1 aromatic heterocycles. The van der Waals surface area contributed by atoms with E-state index < -0.39 is 0 Å². The number of ether oxygens (including phenoxy) is 2. The number of aromatic nitrogens is 3. The van der Waals surface area contributed by atoms with E-state index in [4.69, 9.17) is 9.47 Å². The summed E-state index contributed by atoms with van der Waals surface area (Å²) >= 11 is 1.33. The number of rotatable bonds is 8. The highest BCUT2D eigenvalue weighted by atomic mass is 32.2. The van der Waals surface area contributed by atoms with Crippen LogP contribution in [0.5, 0.6) is 11.5 Å². The number of benzene rings is 3. The summed E-state index contributed by atoms with van der Waals surface area (Å²) in [5.41, 5.74) is 4.82. The number of thioether (sulfide) groups is 1. The molecule has 0 fully saturated rings. The number of para-hydroxylation sites is 1. The van der Waals surface area contributed by atoms with Crippen molar-refractivity contribution < 1.29 is 14.3 Å². The third-order valence-corrected chi connectivity index (χ3v) is 6.34. The molecule has 8 heteroatoms. The van der Waals surface area contributed by atoms with Crippen molar-refractivity contribution in [3.05, 3.63) is 77.9 Å². The minimum atomic E-state index is -0.108. The Kier molecular flexibility index (Phi) is 7.18. The fourth-order valence-corrected chi connectivity index (χ4v) is 4.23. The zero-order valence-corrected chi connectivity index (χ0v) is 20.3. The molecule has 0 atom stereocenters. The van der Waals surface area contributed by atoms with Crippen LogP contribution in [-0.2, 0) is 4.79 Å². The van der Waals surface area contributed by atoms with Crippen LogP contribution in [0.2, 0.25) is 0 Å². The lowest BCUT2D eigenvalue weighted by Gasteiger charge is -2.12. The molecule has 0 radical (unpaired) electrons. The molecule has 7 nitrogen and oxygen atoms in total. The molecule has 1 N–H and O–H groups in total. The normalized spacial score (nSPS) is 10.7. The first-order valence-corrected chi connectivity index (χ1v) is 11.7. The minimum Gasteiger partial charge on any atom is -0.493 e. The van der Waals surface area contributed by atoms with Gasteiger partial charge in [0.15, 0.2) is 22.5 Å². The van der Waals surface area contributed by atoms with Gasteiger partial charge in [0.2, 0.25) is 5.91 Å². The molecule has 0 aliphatic carbocycles. The summed E-state index contributed by atoms with van der Waals surface area (Å²) in [6, 6.07) is 21.3. The third-order valence-electron chi connectivity index (χ3n) is 5.41.